The Labute approximate surface area is 407 Å². The van der Waals surface area contributed by atoms with Crippen molar-refractivity contribution in [3.8, 4) is 6.07 Å². The zero-order chi connectivity index (χ0) is 50.6. The largest absolute Gasteiger partial charge is 0.435 e. The van der Waals surface area contributed by atoms with Crippen molar-refractivity contribution >= 4 is 75.5 Å². The summed E-state index contributed by atoms with van der Waals surface area (Å²) in [6.07, 6.45) is -8.61. The summed E-state index contributed by atoms with van der Waals surface area (Å²) in [7, 11) is 0. The summed E-state index contributed by atoms with van der Waals surface area (Å²) in [6.45, 7) is 3.61. The van der Waals surface area contributed by atoms with E-state index in [1.165, 1.54) is 36.4 Å². The van der Waals surface area contributed by atoms with Crippen LogP contribution in [-0.2, 0) is 25.7 Å². The molecule has 2 aliphatic heterocycles. The number of halogens is 12. The van der Waals surface area contributed by atoms with E-state index in [1.807, 2.05) is 0 Å². The summed E-state index contributed by atoms with van der Waals surface area (Å²) >= 11 is 22.9. The molecule has 4 aromatic carbocycles. The summed E-state index contributed by atoms with van der Waals surface area (Å²) in [6, 6.07) is 14.3. The fraction of sp³-hybridized carbons (Fsp3) is 0.348. The van der Waals surface area contributed by atoms with Gasteiger partial charge in [0.2, 0.25) is 5.91 Å². The Bertz CT molecular complexity index is 2850. The van der Waals surface area contributed by atoms with Gasteiger partial charge in [-0.25, -0.2) is 8.78 Å². The van der Waals surface area contributed by atoms with Gasteiger partial charge in [0.25, 0.3) is 23.0 Å². The molecule has 4 aromatic rings. The predicted molar refractivity (Wildman–Crippen MR) is 238 cm³/mol. The number of alkyl halides is 6. The second-order valence-electron chi connectivity index (χ2n) is 17.2. The number of nitriles is 1. The van der Waals surface area contributed by atoms with Crippen LogP contribution in [0.15, 0.2) is 71.0 Å². The Morgan fingerprint density at radius 2 is 1.04 bits per heavy atom. The van der Waals surface area contributed by atoms with E-state index in [9.17, 15) is 49.5 Å². The van der Waals surface area contributed by atoms with E-state index < -0.39 is 102 Å². The van der Waals surface area contributed by atoms with Crippen molar-refractivity contribution in [2.45, 2.75) is 75.9 Å². The third kappa shape index (κ3) is 9.90. The monoisotopic (exact) mass is 1040 g/mol. The first-order valence-corrected chi connectivity index (χ1v) is 22.2. The van der Waals surface area contributed by atoms with Gasteiger partial charge in [0, 0.05) is 48.2 Å². The Balaban J connectivity index is 0.000000204. The van der Waals surface area contributed by atoms with E-state index in [1.54, 1.807) is 13.8 Å². The second-order valence-corrected chi connectivity index (χ2v) is 18.9. The number of carbonyl (C=O) groups is 3. The molecule has 8 rings (SSSR count). The Kier molecular flexibility index (Phi) is 13.8. The Morgan fingerprint density at radius 1 is 0.667 bits per heavy atom. The highest BCUT2D eigenvalue weighted by molar-refractivity contribution is 6.35. The zero-order valence-corrected chi connectivity index (χ0v) is 38.9. The molecule has 0 saturated heterocycles. The molecular formula is C46H36Cl4F8N6O5. The quantitative estimate of drug-likeness (QED) is 0.0998. The number of oxime groups is 2. The summed E-state index contributed by atoms with van der Waals surface area (Å²) < 4.78 is 113. The zero-order valence-electron chi connectivity index (χ0n) is 35.9. The number of nitrogens with zero attached hydrogens (tertiary/aromatic N) is 3. The van der Waals surface area contributed by atoms with Gasteiger partial charge < -0.3 is 26.0 Å². The van der Waals surface area contributed by atoms with Crippen molar-refractivity contribution in [1.29, 1.82) is 5.26 Å². The average Bonchev–Trinajstić information content (AvgIpc) is 4.15. The highest BCUT2D eigenvalue weighted by Crippen LogP contribution is 2.52. The molecule has 0 aromatic heterocycles. The lowest BCUT2D eigenvalue weighted by atomic mass is 9.86. The summed E-state index contributed by atoms with van der Waals surface area (Å²) in [4.78, 5) is 46.5. The van der Waals surface area contributed by atoms with Gasteiger partial charge in [0.15, 0.2) is 11.6 Å². The molecule has 0 unspecified atom stereocenters. The number of hydrogen-bond donors (Lipinski definition) is 3. The minimum Gasteiger partial charge on any atom is -0.374 e. The van der Waals surface area contributed by atoms with Crippen LogP contribution in [0.4, 0.5) is 35.1 Å². The molecule has 2 atom stereocenters. The highest BCUT2D eigenvalue weighted by atomic mass is 35.5. The molecule has 2 saturated carbocycles. The molecule has 3 amide bonds. The summed E-state index contributed by atoms with van der Waals surface area (Å²) in [5, 5.41) is 19.6. The van der Waals surface area contributed by atoms with Gasteiger partial charge in [0.05, 0.1) is 48.4 Å². The van der Waals surface area contributed by atoms with Crippen LogP contribution in [0, 0.1) is 47.6 Å². The lowest BCUT2D eigenvalue weighted by molar-refractivity contribution is -0.276. The summed E-state index contributed by atoms with van der Waals surface area (Å²) in [5.74, 6) is -3.36. The number of aryl methyl sites for hydroxylation is 2. The van der Waals surface area contributed by atoms with Gasteiger partial charge in [0.1, 0.15) is 0 Å². The highest BCUT2D eigenvalue weighted by Gasteiger charge is 2.64. The van der Waals surface area contributed by atoms with Crippen LogP contribution >= 0.6 is 46.4 Å². The van der Waals surface area contributed by atoms with Gasteiger partial charge in [-0.05, 0) is 110 Å². The number of carbonyl (C=O) groups excluding carboxylic acids is 3. The van der Waals surface area contributed by atoms with Gasteiger partial charge in [-0.15, -0.1) is 0 Å². The molecule has 2 aliphatic carbocycles. The summed E-state index contributed by atoms with van der Waals surface area (Å²) in [5.41, 5.74) is -0.440. The van der Waals surface area contributed by atoms with Crippen molar-refractivity contribution in [2.75, 3.05) is 13.1 Å². The molecule has 0 radical (unpaired) electrons. The molecule has 69 heavy (non-hydrogen) atoms. The number of primary amides is 1. The normalized spacial score (nSPS) is 20.8. The van der Waals surface area contributed by atoms with E-state index >= 15 is 0 Å². The third-order valence-corrected chi connectivity index (χ3v) is 13.6. The first-order valence-electron chi connectivity index (χ1n) is 20.6. The number of benzene rings is 4. The van der Waals surface area contributed by atoms with Crippen LogP contribution in [0.2, 0.25) is 20.1 Å². The van der Waals surface area contributed by atoms with Crippen LogP contribution in [0.25, 0.3) is 0 Å². The van der Waals surface area contributed by atoms with Crippen molar-refractivity contribution < 1.29 is 59.2 Å². The van der Waals surface area contributed by atoms with Crippen LogP contribution in [0.3, 0.4) is 0 Å². The molecular weight excluding hydrogens is 1010 g/mol. The van der Waals surface area contributed by atoms with E-state index in [2.05, 4.69) is 27.0 Å². The molecule has 2 heterocycles. The number of amides is 3. The van der Waals surface area contributed by atoms with Crippen LogP contribution in [0.5, 0.6) is 0 Å². The SMILES string of the molecule is Cc1cc(C2=NO[C@@](c3cc(Cl)c(F)c(Cl)c3)(C(F)(F)F)C2)ccc1C(=O)NCC1(C#N)CC1.Cc1cc(C2=NO[C@@](c3cc(Cl)c(F)c(Cl)c3)(C(F)(F)F)C2)ccc1C(=O)NCC1(C(N)=O)CC1. The smallest absolute Gasteiger partial charge is 0.374 e. The molecule has 2 fully saturated rings. The fourth-order valence-corrected chi connectivity index (χ4v) is 8.69. The van der Waals surface area contributed by atoms with E-state index in [-0.39, 0.29) is 36.0 Å². The second kappa shape index (κ2) is 18.6. The molecule has 364 valence electrons. The lowest BCUT2D eigenvalue weighted by Crippen LogP contribution is -2.42. The fourth-order valence-electron chi connectivity index (χ4n) is 7.72. The Hall–Kier alpha value is -5.68. The average molecular weight is 1050 g/mol. The van der Waals surface area contributed by atoms with Crippen molar-refractivity contribution in [3.63, 3.8) is 0 Å². The Morgan fingerprint density at radius 3 is 1.35 bits per heavy atom. The van der Waals surface area contributed by atoms with E-state index in [4.69, 9.17) is 67.1 Å². The maximum Gasteiger partial charge on any atom is 0.435 e. The standard InChI is InChI=1S/C23H19Cl2F4N3O3.C23H17Cl2F4N3O2/c1-11-6-12(2-3-14(11)19(33)31-10-21(4-5-21)20(30)34)17-9-22(35-32-17,23(27,28)29)13-7-15(24)18(26)16(25)8-13;1-12-6-13(2-3-15(12)20(33)31-11-21(10-30)4-5-21)18-9-22(34-32-18,23(27,28)29)14-7-16(24)19(26)17(25)8-14/h2-3,6-8H,4-5,9-10H2,1H3,(H2,30,34)(H,31,33);2-3,6-8H,4-5,9,11H2,1H3,(H,31,33)/t2*22-/m00/s1. The number of hydrogen-bond acceptors (Lipinski definition) is 8. The lowest BCUT2D eigenvalue weighted by Gasteiger charge is -2.29. The first kappa shape index (κ1) is 51.2. The number of rotatable bonds is 11. The van der Waals surface area contributed by atoms with Crippen molar-refractivity contribution in [2.24, 2.45) is 26.9 Å². The first-order chi connectivity index (χ1) is 32.2. The maximum atomic E-state index is 14.2. The minimum absolute atomic E-state index is 0.00892. The van der Waals surface area contributed by atoms with Gasteiger partial charge >= 0.3 is 12.4 Å². The number of nitrogens with one attached hydrogen (secondary N) is 2. The van der Waals surface area contributed by atoms with Gasteiger partial charge in [-0.2, -0.15) is 31.6 Å². The third-order valence-electron chi connectivity index (χ3n) is 12.5. The minimum atomic E-state index is -4.93. The predicted octanol–water partition coefficient (Wildman–Crippen LogP) is 11.1. The van der Waals surface area contributed by atoms with Gasteiger partial charge in [-0.3, -0.25) is 14.4 Å². The molecule has 4 N–H and O–H groups in total. The number of nitrogens with two attached hydrogens (primary N) is 1. The van der Waals surface area contributed by atoms with Crippen molar-refractivity contribution in [3.05, 3.63) is 137 Å². The van der Waals surface area contributed by atoms with E-state index in [0.29, 0.717) is 40.7 Å². The molecule has 4 aliphatic rings. The van der Waals surface area contributed by atoms with Gasteiger partial charge in [-0.1, -0.05) is 68.8 Å². The van der Waals surface area contributed by atoms with Crippen molar-refractivity contribution in [1.82, 2.24) is 10.6 Å². The molecule has 0 bridgehead atoms. The van der Waals surface area contributed by atoms with Crippen LogP contribution < -0.4 is 16.4 Å². The topological polar surface area (TPSA) is 168 Å². The molecule has 0 spiro atoms. The van der Waals surface area contributed by atoms with Crippen LogP contribution in [0.1, 0.15) is 92.6 Å². The molecule has 23 heteroatoms. The molecule has 11 nitrogen and oxygen atoms in total. The van der Waals surface area contributed by atoms with E-state index in [0.717, 1.165) is 37.1 Å². The maximum absolute atomic E-state index is 14.2. The van der Waals surface area contributed by atoms with Crippen LogP contribution in [-0.4, -0.2) is 54.6 Å².